The zero-order valence-corrected chi connectivity index (χ0v) is 8.01. The van der Waals surface area contributed by atoms with Crippen LogP contribution in [0.1, 0.15) is 13.3 Å². The summed E-state index contributed by atoms with van der Waals surface area (Å²) in [5, 5.41) is 6.67. The van der Waals surface area contributed by atoms with Crippen LogP contribution in [-0.2, 0) is 15.6 Å². The third-order valence-corrected chi connectivity index (χ3v) is 2.43. The van der Waals surface area contributed by atoms with Crippen molar-refractivity contribution in [1.29, 1.82) is 0 Å². The smallest absolute Gasteiger partial charge is 0.296 e. The fraction of sp³-hybridized carbons (Fsp3) is 0.600. The van der Waals surface area contributed by atoms with E-state index in [1.165, 1.54) is 10.9 Å². The molecule has 1 rings (SSSR count). The van der Waals surface area contributed by atoms with Crippen molar-refractivity contribution in [2.45, 2.75) is 25.0 Å². The molecule has 0 aliphatic carbocycles. The summed E-state index contributed by atoms with van der Waals surface area (Å²) < 4.78 is 23.1. The Bertz CT molecular complexity index is 359. The molecule has 7 heteroatoms. The molecule has 0 saturated carbocycles. The zero-order valence-electron chi connectivity index (χ0n) is 6.44. The van der Waals surface area contributed by atoms with Gasteiger partial charge in [0.2, 0.25) is 0 Å². The van der Waals surface area contributed by atoms with Crippen LogP contribution in [0.3, 0.4) is 0 Å². The molecular weight excluding hydrogens is 202 g/mol. The number of aryl methyl sites for hydroxylation is 1. The summed E-state index contributed by atoms with van der Waals surface area (Å²) in [6, 6.07) is 0. The molecule has 68 valence electrons. The number of hydrogen-bond acceptors (Lipinski definition) is 4. The van der Waals surface area contributed by atoms with E-state index in [2.05, 4.69) is 10.2 Å². The lowest BCUT2D eigenvalue weighted by atomic mass is 10.5. The number of hydrogen-bond donors (Lipinski definition) is 0. The van der Waals surface area contributed by atoms with E-state index in [1.807, 2.05) is 6.92 Å². The Kier molecular flexibility index (Phi) is 2.69. The average Bonchev–Trinajstić information content (AvgIpc) is 2.34. The first-order chi connectivity index (χ1) is 5.55. The summed E-state index contributed by atoms with van der Waals surface area (Å²) in [5.41, 5.74) is 0. The van der Waals surface area contributed by atoms with Gasteiger partial charge in [-0.25, -0.2) is 8.42 Å². The van der Waals surface area contributed by atoms with Crippen molar-refractivity contribution in [2.75, 3.05) is 0 Å². The average molecular weight is 210 g/mol. The van der Waals surface area contributed by atoms with Gasteiger partial charge in [-0.05, 0) is 6.42 Å². The van der Waals surface area contributed by atoms with Crippen LogP contribution in [0.5, 0.6) is 0 Å². The van der Waals surface area contributed by atoms with E-state index in [0.717, 1.165) is 6.42 Å². The molecule has 12 heavy (non-hydrogen) atoms. The molecule has 0 aliphatic heterocycles. The van der Waals surface area contributed by atoms with Crippen LogP contribution < -0.4 is 0 Å². The fourth-order valence-corrected chi connectivity index (χ4v) is 1.75. The highest BCUT2D eigenvalue weighted by atomic mass is 35.7. The maximum absolute atomic E-state index is 10.8. The van der Waals surface area contributed by atoms with E-state index >= 15 is 0 Å². The molecule has 0 aliphatic rings. The summed E-state index contributed by atoms with van der Waals surface area (Å²) >= 11 is 0. The van der Waals surface area contributed by atoms with Crippen molar-refractivity contribution in [1.82, 2.24) is 14.8 Å². The number of aromatic nitrogens is 3. The zero-order chi connectivity index (χ0) is 9.19. The topological polar surface area (TPSA) is 64.8 Å². The van der Waals surface area contributed by atoms with Crippen molar-refractivity contribution >= 4 is 19.7 Å². The standard InChI is InChI=1S/C5H8ClN3O2S/c1-2-3-9-4-7-8-5(9)12(6,10)11/h4H,2-3H2,1H3. The van der Waals surface area contributed by atoms with Gasteiger partial charge in [0.15, 0.2) is 0 Å². The van der Waals surface area contributed by atoms with Gasteiger partial charge in [-0.15, -0.1) is 10.2 Å². The molecule has 0 unspecified atom stereocenters. The van der Waals surface area contributed by atoms with Crippen molar-refractivity contribution in [3.8, 4) is 0 Å². The highest BCUT2D eigenvalue weighted by Crippen LogP contribution is 2.10. The Balaban J connectivity index is 3.08. The molecule has 0 atom stereocenters. The lowest BCUT2D eigenvalue weighted by Crippen LogP contribution is -2.04. The van der Waals surface area contributed by atoms with Gasteiger partial charge >= 0.3 is 0 Å². The SMILES string of the molecule is CCCn1cnnc1S(=O)(=O)Cl. The Hall–Kier alpha value is -0.620. The molecule has 0 spiro atoms. The van der Waals surface area contributed by atoms with Gasteiger partial charge in [0.25, 0.3) is 14.2 Å². The highest BCUT2D eigenvalue weighted by Gasteiger charge is 2.17. The molecule has 0 amide bonds. The fourth-order valence-electron chi connectivity index (χ4n) is 0.827. The molecule has 1 aromatic heterocycles. The van der Waals surface area contributed by atoms with Crippen molar-refractivity contribution in [3.05, 3.63) is 6.33 Å². The van der Waals surface area contributed by atoms with Gasteiger partial charge in [-0.1, -0.05) is 6.92 Å². The maximum atomic E-state index is 10.8. The summed E-state index contributed by atoms with van der Waals surface area (Å²) in [6.07, 6.45) is 2.15. The monoisotopic (exact) mass is 209 g/mol. The number of halogens is 1. The predicted molar refractivity (Wildman–Crippen MR) is 43.4 cm³/mol. The lowest BCUT2D eigenvalue weighted by molar-refractivity contribution is 0.568. The first-order valence-electron chi connectivity index (χ1n) is 3.38. The third kappa shape index (κ3) is 1.95. The van der Waals surface area contributed by atoms with Gasteiger partial charge in [-0.3, -0.25) is 0 Å². The van der Waals surface area contributed by atoms with Crippen LogP contribution in [0.15, 0.2) is 11.5 Å². The third-order valence-electron chi connectivity index (χ3n) is 1.26. The normalized spacial score (nSPS) is 11.8. The van der Waals surface area contributed by atoms with Crippen molar-refractivity contribution in [2.24, 2.45) is 0 Å². The Labute approximate surface area is 74.8 Å². The Morgan fingerprint density at radius 3 is 2.83 bits per heavy atom. The molecule has 5 nitrogen and oxygen atoms in total. The largest absolute Gasteiger partial charge is 0.303 e. The van der Waals surface area contributed by atoms with Gasteiger partial charge in [-0.2, -0.15) is 0 Å². The van der Waals surface area contributed by atoms with E-state index < -0.39 is 9.05 Å². The van der Waals surface area contributed by atoms with Crippen LogP contribution in [0.25, 0.3) is 0 Å². The van der Waals surface area contributed by atoms with Crippen LogP contribution in [0.4, 0.5) is 0 Å². The molecular formula is C5H8ClN3O2S. The van der Waals surface area contributed by atoms with E-state index in [1.54, 1.807) is 0 Å². The minimum absolute atomic E-state index is 0.189. The molecule has 1 aromatic rings. The molecule has 0 aromatic carbocycles. The van der Waals surface area contributed by atoms with E-state index in [-0.39, 0.29) is 5.16 Å². The van der Waals surface area contributed by atoms with Gasteiger partial charge in [0.1, 0.15) is 6.33 Å². The molecule has 0 bridgehead atoms. The molecule has 0 radical (unpaired) electrons. The van der Waals surface area contributed by atoms with Crippen LogP contribution in [0.2, 0.25) is 0 Å². The highest BCUT2D eigenvalue weighted by molar-refractivity contribution is 8.13. The number of rotatable bonds is 3. The minimum atomic E-state index is -3.75. The van der Waals surface area contributed by atoms with Crippen molar-refractivity contribution in [3.63, 3.8) is 0 Å². The first kappa shape index (κ1) is 9.47. The second-order valence-electron chi connectivity index (χ2n) is 2.24. The molecule has 0 saturated heterocycles. The predicted octanol–water partition coefficient (Wildman–Crippen LogP) is 0.616. The van der Waals surface area contributed by atoms with Crippen LogP contribution in [0, 0.1) is 0 Å². The van der Waals surface area contributed by atoms with Crippen LogP contribution >= 0.6 is 10.7 Å². The summed E-state index contributed by atoms with van der Waals surface area (Å²) in [6.45, 7) is 2.47. The van der Waals surface area contributed by atoms with E-state index in [9.17, 15) is 8.42 Å². The second-order valence-corrected chi connectivity index (χ2v) is 4.70. The minimum Gasteiger partial charge on any atom is -0.303 e. The van der Waals surface area contributed by atoms with Gasteiger partial charge in [0.05, 0.1) is 0 Å². The summed E-state index contributed by atoms with van der Waals surface area (Å²) in [5.74, 6) is 0. The van der Waals surface area contributed by atoms with Gasteiger partial charge < -0.3 is 4.57 Å². The Morgan fingerprint density at radius 1 is 1.67 bits per heavy atom. The van der Waals surface area contributed by atoms with E-state index in [4.69, 9.17) is 10.7 Å². The van der Waals surface area contributed by atoms with E-state index in [0.29, 0.717) is 6.54 Å². The quantitative estimate of drug-likeness (QED) is 0.685. The molecule has 0 N–H and O–H groups in total. The maximum Gasteiger partial charge on any atom is 0.296 e. The van der Waals surface area contributed by atoms with Gasteiger partial charge in [0, 0.05) is 17.2 Å². The second kappa shape index (κ2) is 3.40. The Morgan fingerprint density at radius 2 is 2.33 bits per heavy atom. The lowest BCUT2D eigenvalue weighted by Gasteiger charge is -1.99. The van der Waals surface area contributed by atoms with Crippen molar-refractivity contribution < 1.29 is 8.42 Å². The summed E-state index contributed by atoms with van der Waals surface area (Å²) in [7, 11) is 1.34. The summed E-state index contributed by atoms with van der Waals surface area (Å²) in [4.78, 5) is 0. The molecule has 1 heterocycles. The number of nitrogens with zero attached hydrogens (tertiary/aromatic N) is 3. The first-order valence-corrected chi connectivity index (χ1v) is 5.69. The van der Waals surface area contributed by atoms with Crippen LogP contribution in [-0.4, -0.2) is 23.2 Å². The molecule has 0 fully saturated rings.